The van der Waals surface area contributed by atoms with Gasteiger partial charge in [-0.1, -0.05) is 23.9 Å². The van der Waals surface area contributed by atoms with Crippen LogP contribution < -0.4 is 11.4 Å². The summed E-state index contributed by atoms with van der Waals surface area (Å²) in [6, 6.07) is 4.70. The quantitative estimate of drug-likeness (QED) is 0.446. The number of thioether (sulfide) groups is 1. The van der Waals surface area contributed by atoms with Crippen LogP contribution in [0.4, 0.5) is 4.39 Å². The monoisotopic (exact) mass is 309 g/mol. The molecule has 21 heavy (non-hydrogen) atoms. The number of nitrogen functional groups attached to an aromatic ring is 1. The molecule has 0 fully saturated rings. The van der Waals surface area contributed by atoms with E-state index in [1.165, 1.54) is 22.4 Å². The van der Waals surface area contributed by atoms with Gasteiger partial charge in [0.2, 0.25) is 0 Å². The van der Waals surface area contributed by atoms with Gasteiger partial charge in [-0.05, 0) is 25.5 Å². The number of hydrogen-bond donors (Lipinski definition) is 3. The maximum absolute atomic E-state index is 14.2. The Morgan fingerprint density at radius 1 is 1.57 bits per heavy atom. The minimum atomic E-state index is -0.508. The van der Waals surface area contributed by atoms with E-state index in [0.29, 0.717) is 16.5 Å². The second kappa shape index (κ2) is 6.13. The summed E-state index contributed by atoms with van der Waals surface area (Å²) in [7, 11) is 0. The van der Waals surface area contributed by atoms with Crippen molar-refractivity contribution in [1.29, 1.82) is 5.41 Å². The largest absolute Gasteiger partial charge is 0.384 e. The first kappa shape index (κ1) is 15.3. The van der Waals surface area contributed by atoms with Crippen LogP contribution in [0.1, 0.15) is 31.0 Å². The van der Waals surface area contributed by atoms with Gasteiger partial charge in [0.15, 0.2) is 5.16 Å². The fourth-order valence-corrected chi connectivity index (χ4v) is 2.94. The highest BCUT2D eigenvalue weighted by Crippen LogP contribution is 2.24. The molecule has 0 aliphatic rings. The molecule has 0 bridgehead atoms. The van der Waals surface area contributed by atoms with Crippen molar-refractivity contribution >= 4 is 17.6 Å². The van der Waals surface area contributed by atoms with E-state index < -0.39 is 5.82 Å². The number of halogens is 1. The van der Waals surface area contributed by atoms with E-state index in [-0.39, 0.29) is 23.1 Å². The van der Waals surface area contributed by atoms with E-state index in [1.807, 2.05) is 13.8 Å². The van der Waals surface area contributed by atoms with Gasteiger partial charge in [0.25, 0.3) is 0 Å². The zero-order valence-corrected chi connectivity index (χ0v) is 12.5. The van der Waals surface area contributed by atoms with Crippen molar-refractivity contribution in [2.75, 3.05) is 0 Å². The molecule has 2 aromatic rings. The summed E-state index contributed by atoms with van der Waals surface area (Å²) in [4.78, 5) is 11.6. The molecule has 4 N–H and O–H groups in total. The Hall–Kier alpha value is -2.09. The van der Waals surface area contributed by atoms with E-state index in [0.717, 1.165) is 0 Å². The Kier molecular flexibility index (Phi) is 4.46. The molecular weight excluding hydrogens is 293 g/mol. The Morgan fingerprint density at radius 2 is 2.29 bits per heavy atom. The van der Waals surface area contributed by atoms with Gasteiger partial charge in [0.05, 0.1) is 5.56 Å². The maximum atomic E-state index is 14.2. The van der Waals surface area contributed by atoms with Crippen molar-refractivity contribution in [3.63, 3.8) is 0 Å². The summed E-state index contributed by atoms with van der Waals surface area (Å²) in [5.74, 6) is -0.520. The molecule has 0 spiro atoms. The molecule has 0 atom stereocenters. The minimum Gasteiger partial charge on any atom is -0.384 e. The first-order valence-electron chi connectivity index (χ1n) is 6.33. The van der Waals surface area contributed by atoms with E-state index in [4.69, 9.17) is 11.1 Å². The topological polar surface area (TPSA) is 101 Å². The first-order chi connectivity index (χ1) is 9.91. The molecule has 0 aliphatic heterocycles. The Bertz CT molecular complexity index is 722. The molecule has 0 saturated heterocycles. The predicted octanol–water partition coefficient (Wildman–Crippen LogP) is 1.87. The minimum absolute atomic E-state index is 0.0350. The van der Waals surface area contributed by atoms with E-state index in [9.17, 15) is 9.18 Å². The summed E-state index contributed by atoms with van der Waals surface area (Å²) >= 11 is 1.25. The molecule has 0 unspecified atom stereocenters. The molecule has 112 valence electrons. The predicted molar refractivity (Wildman–Crippen MR) is 80.2 cm³/mol. The third-order valence-corrected chi connectivity index (χ3v) is 3.92. The number of aromatic nitrogens is 3. The number of nitrogens with zero attached hydrogens (tertiary/aromatic N) is 2. The summed E-state index contributed by atoms with van der Waals surface area (Å²) in [6.45, 7) is 3.75. The Labute approximate surface area is 125 Å². The third kappa shape index (κ3) is 3.15. The molecule has 0 saturated carbocycles. The van der Waals surface area contributed by atoms with Crippen LogP contribution >= 0.6 is 11.8 Å². The maximum Gasteiger partial charge on any atom is 0.344 e. The second-order valence-electron chi connectivity index (χ2n) is 4.76. The highest BCUT2D eigenvalue weighted by Gasteiger charge is 2.14. The molecule has 0 radical (unpaired) electrons. The fourth-order valence-electron chi connectivity index (χ4n) is 1.89. The van der Waals surface area contributed by atoms with Crippen molar-refractivity contribution in [3.05, 3.63) is 45.6 Å². The van der Waals surface area contributed by atoms with Crippen LogP contribution in [0, 0.1) is 11.2 Å². The lowest BCUT2D eigenvalue weighted by atomic mass is 10.1. The molecule has 0 amide bonds. The van der Waals surface area contributed by atoms with Crippen LogP contribution in [-0.2, 0) is 5.75 Å². The van der Waals surface area contributed by atoms with Crippen LogP contribution in [0.5, 0.6) is 0 Å². The van der Waals surface area contributed by atoms with Crippen molar-refractivity contribution in [1.82, 2.24) is 14.8 Å². The smallest absolute Gasteiger partial charge is 0.344 e. The number of H-pyrrole nitrogens is 1. The van der Waals surface area contributed by atoms with Crippen LogP contribution in [0.3, 0.4) is 0 Å². The van der Waals surface area contributed by atoms with Gasteiger partial charge in [-0.3, -0.25) is 9.98 Å². The molecular formula is C13H16FN5OS. The molecule has 2 rings (SSSR count). The summed E-state index contributed by atoms with van der Waals surface area (Å²) in [5.41, 5.74) is 5.54. The Balaban J connectivity index is 2.23. The van der Waals surface area contributed by atoms with Crippen LogP contribution in [0.25, 0.3) is 0 Å². The number of nitrogens with two attached hydrogens (primary N) is 1. The van der Waals surface area contributed by atoms with Crippen LogP contribution in [-0.4, -0.2) is 20.6 Å². The number of aromatic amines is 1. The summed E-state index contributed by atoms with van der Waals surface area (Å²) in [6.07, 6.45) is 0. The van der Waals surface area contributed by atoms with Gasteiger partial charge in [0, 0.05) is 11.8 Å². The van der Waals surface area contributed by atoms with Gasteiger partial charge in [-0.15, -0.1) is 5.10 Å². The number of hydrogen-bond acceptors (Lipinski definition) is 4. The van der Waals surface area contributed by atoms with E-state index >= 15 is 0 Å². The SMILES string of the molecule is CC(C)n1c(SCc2cccc(C(=N)N)c2F)n[nH]c1=O. The summed E-state index contributed by atoms with van der Waals surface area (Å²) < 4.78 is 15.7. The third-order valence-electron chi connectivity index (χ3n) is 2.91. The van der Waals surface area contributed by atoms with Gasteiger partial charge >= 0.3 is 5.69 Å². The lowest BCUT2D eigenvalue weighted by Crippen LogP contribution is -2.19. The normalized spacial score (nSPS) is 11.0. The zero-order valence-electron chi connectivity index (χ0n) is 11.7. The van der Waals surface area contributed by atoms with Crippen molar-refractivity contribution in [2.45, 2.75) is 30.8 Å². The lowest BCUT2D eigenvalue weighted by molar-refractivity contribution is 0.534. The molecule has 1 aromatic carbocycles. The number of benzene rings is 1. The van der Waals surface area contributed by atoms with E-state index in [1.54, 1.807) is 12.1 Å². The number of rotatable bonds is 5. The number of nitrogens with one attached hydrogen (secondary N) is 2. The second-order valence-corrected chi connectivity index (χ2v) is 5.70. The number of amidine groups is 1. The van der Waals surface area contributed by atoms with Gasteiger partial charge in [0.1, 0.15) is 11.7 Å². The van der Waals surface area contributed by atoms with Gasteiger partial charge in [-0.25, -0.2) is 14.3 Å². The molecule has 8 heteroatoms. The average molecular weight is 309 g/mol. The highest BCUT2D eigenvalue weighted by molar-refractivity contribution is 7.98. The van der Waals surface area contributed by atoms with Crippen LogP contribution in [0.2, 0.25) is 0 Å². The molecule has 6 nitrogen and oxygen atoms in total. The van der Waals surface area contributed by atoms with Crippen LogP contribution in [0.15, 0.2) is 28.2 Å². The van der Waals surface area contributed by atoms with Crippen molar-refractivity contribution in [3.8, 4) is 0 Å². The average Bonchev–Trinajstić information content (AvgIpc) is 2.78. The molecule has 1 heterocycles. The zero-order chi connectivity index (χ0) is 15.6. The highest BCUT2D eigenvalue weighted by atomic mass is 32.2. The first-order valence-corrected chi connectivity index (χ1v) is 7.32. The fraction of sp³-hybridized carbons (Fsp3) is 0.308. The van der Waals surface area contributed by atoms with E-state index in [2.05, 4.69) is 10.2 Å². The lowest BCUT2D eigenvalue weighted by Gasteiger charge is -2.09. The van der Waals surface area contributed by atoms with Crippen molar-refractivity contribution < 1.29 is 4.39 Å². The molecule has 1 aromatic heterocycles. The Morgan fingerprint density at radius 3 is 2.90 bits per heavy atom. The molecule has 0 aliphatic carbocycles. The standard InChI is InChI=1S/C13H16FN5OS/c1-7(2)19-12(20)17-18-13(19)21-6-8-4-3-5-9(10(8)14)11(15)16/h3-5,7H,6H2,1-2H3,(H3,15,16)(H,17,20). The summed E-state index contributed by atoms with van der Waals surface area (Å²) in [5, 5.41) is 14.2. The van der Waals surface area contributed by atoms with Crippen molar-refractivity contribution in [2.24, 2.45) is 5.73 Å². The van der Waals surface area contributed by atoms with Gasteiger partial charge in [-0.2, -0.15) is 0 Å². The van der Waals surface area contributed by atoms with Gasteiger partial charge < -0.3 is 5.73 Å².